The highest BCUT2D eigenvalue weighted by atomic mass is 32.1. The van der Waals surface area contributed by atoms with Crippen LogP contribution in [0.25, 0.3) is 0 Å². The summed E-state index contributed by atoms with van der Waals surface area (Å²) in [6, 6.07) is 9.99. The minimum absolute atomic E-state index is 0.00792. The second kappa shape index (κ2) is 7.62. The molecule has 1 heterocycles. The highest BCUT2D eigenvalue weighted by Crippen LogP contribution is 2.24. The zero-order valence-electron chi connectivity index (χ0n) is 13.8. The van der Waals surface area contributed by atoms with Crippen LogP contribution in [0.1, 0.15) is 52.2 Å². The smallest absolute Gasteiger partial charge is 0.261 e. The van der Waals surface area contributed by atoms with Crippen LogP contribution < -0.4 is 10.6 Å². The van der Waals surface area contributed by atoms with Crippen LogP contribution in [0.4, 0.5) is 0 Å². The second-order valence-electron chi connectivity index (χ2n) is 6.18. The maximum Gasteiger partial charge on any atom is 0.261 e. The summed E-state index contributed by atoms with van der Waals surface area (Å²) in [6.45, 7) is 1.97. The third-order valence-corrected chi connectivity index (χ3v) is 5.27. The molecule has 1 atom stereocenters. The van der Waals surface area contributed by atoms with Crippen LogP contribution in [0.5, 0.6) is 0 Å². The third kappa shape index (κ3) is 4.03. The lowest BCUT2D eigenvalue weighted by molar-refractivity contribution is -0.120. The number of nitrogens with one attached hydrogen (secondary N) is 2. The van der Waals surface area contributed by atoms with Gasteiger partial charge in [-0.15, -0.1) is 11.3 Å². The zero-order chi connectivity index (χ0) is 16.9. The fraction of sp³-hybridized carbons (Fsp3) is 0.368. The van der Waals surface area contributed by atoms with Crippen molar-refractivity contribution in [1.29, 1.82) is 0 Å². The van der Waals surface area contributed by atoms with E-state index in [0.717, 1.165) is 18.4 Å². The molecule has 2 amide bonds. The Balaban J connectivity index is 1.53. The summed E-state index contributed by atoms with van der Waals surface area (Å²) in [7, 11) is 0. The molecule has 1 unspecified atom stereocenters. The lowest BCUT2D eigenvalue weighted by Crippen LogP contribution is -2.37. The van der Waals surface area contributed by atoms with E-state index in [9.17, 15) is 9.59 Å². The number of amides is 2. The summed E-state index contributed by atoms with van der Waals surface area (Å²) in [5, 5.41) is 7.44. The average Bonchev–Trinajstić information content (AvgIpc) is 3.14. The molecular weight excluding hydrogens is 320 g/mol. The molecule has 126 valence electrons. The lowest BCUT2D eigenvalue weighted by Gasteiger charge is -2.20. The third-order valence-electron chi connectivity index (χ3n) is 4.40. The van der Waals surface area contributed by atoms with Gasteiger partial charge in [0.2, 0.25) is 5.91 Å². The first-order valence-electron chi connectivity index (χ1n) is 8.36. The molecule has 0 fully saturated rings. The number of rotatable bonds is 5. The van der Waals surface area contributed by atoms with Crippen molar-refractivity contribution in [3.63, 3.8) is 0 Å². The molecule has 1 aliphatic carbocycles. The minimum Gasteiger partial charge on any atom is -0.348 e. The number of carbonyl (C=O) groups is 2. The fourth-order valence-electron chi connectivity index (χ4n) is 3.05. The predicted molar refractivity (Wildman–Crippen MR) is 96.3 cm³/mol. The predicted octanol–water partition coefficient (Wildman–Crippen LogP) is 3.23. The number of benzene rings is 1. The summed E-state index contributed by atoms with van der Waals surface area (Å²) in [5.41, 5.74) is 3.96. The van der Waals surface area contributed by atoms with Gasteiger partial charge in [0.1, 0.15) is 0 Å². The largest absolute Gasteiger partial charge is 0.348 e. The van der Waals surface area contributed by atoms with Crippen molar-refractivity contribution in [2.75, 3.05) is 6.54 Å². The number of fused-ring (bicyclic) bond motifs is 1. The van der Waals surface area contributed by atoms with Gasteiger partial charge in [-0.05, 0) is 60.7 Å². The SMILES string of the molecule is CC(NC(=O)CNC(=O)c1cccs1)c1ccc2c(c1)CCCC2. The lowest BCUT2D eigenvalue weighted by atomic mass is 9.89. The van der Waals surface area contributed by atoms with Gasteiger partial charge in [-0.25, -0.2) is 0 Å². The Morgan fingerprint density at radius 1 is 1.17 bits per heavy atom. The second-order valence-corrected chi connectivity index (χ2v) is 7.13. The van der Waals surface area contributed by atoms with Gasteiger partial charge in [0.15, 0.2) is 0 Å². The van der Waals surface area contributed by atoms with Gasteiger partial charge in [-0.2, -0.15) is 0 Å². The first kappa shape index (κ1) is 16.7. The molecule has 2 aromatic rings. The highest BCUT2D eigenvalue weighted by molar-refractivity contribution is 7.12. The van der Waals surface area contributed by atoms with Gasteiger partial charge in [-0.3, -0.25) is 9.59 Å². The molecule has 1 aromatic heterocycles. The van der Waals surface area contributed by atoms with E-state index < -0.39 is 0 Å². The van der Waals surface area contributed by atoms with Crippen LogP contribution in [-0.4, -0.2) is 18.4 Å². The Hall–Kier alpha value is -2.14. The molecular formula is C19H22N2O2S. The standard InChI is InChI=1S/C19H22N2O2S/c1-13(15-9-8-14-5-2-3-6-16(14)11-15)21-18(22)12-20-19(23)17-7-4-10-24-17/h4,7-11,13H,2-3,5-6,12H2,1H3,(H,20,23)(H,21,22). The topological polar surface area (TPSA) is 58.2 Å². The van der Waals surface area contributed by atoms with E-state index in [1.807, 2.05) is 18.4 Å². The van der Waals surface area contributed by atoms with Gasteiger partial charge < -0.3 is 10.6 Å². The summed E-state index contributed by atoms with van der Waals surface area (Å²) >= 11 is 1.36. The summed E-state index contributed by atoms with van der Waals surface area (Å²) < 4.78 is 0. The van der Waals surface area contributed by atoms with Gasteiger partial charge in [0.25, 0.3) is 5.91 Å². The Kier molecular flexibility index (Phi) is 5.30. The molecule has 4 nitrogen and oxygen atoms in total. The molecule has 5 heteroatoms. The van der Waals surface area contributed by atoms with Crippen LogP contribution in [0.2, 0.25) is 0 Å². The molecule has 2 N–H and O–H groups in total. The van der Waals surface area contributed by atoms with E-state index in [0.29, 0.717) is 4.88 Å². The van der Waals surface area contributed by atoms with Crippen molar-refractivity contribution >= 4 is 23.2 Å². The highest BCUT2D eigenvalue weighted by Gasteiger charge is 2.15. The molecule has 1 aliphatic rings. The Morgan fingerprint density at radius 2 is 1.96 bits per heavy atom. The van der Waals surface area contributed by atoms with Crippen LogP contribution >= 0.6 is 11.3 Å². The van der Waals surface area contributed by atoms with Crippen molar-refractivity contribution in [2.24, 2.45) is 0 Å². The summed E-state index contributed by atoms with van der Waals surface area (Å²) in [4.78, 5) is 24.5. The number of hydrogen-bond donors (Lipinski definition) is 2. The van der Waals surface area contributed by atoms with Gasteiger partial charge >= 0.3 is 0 Å². The van der Waals surface area contributed by atoms with Crippen molar-refractivity contribution in [3.05, 3.63) is 57.3 Å². The van der Waals surface area contributed by atoms with E-state index in [1.165, 1.54) is 35.3 Å². The van der Waals surface area contributed by atoms with E-state index in [-0.39, 0.29) is 24.4 Å². The number of aryl methyl sites for hydroxylation is 2. The molecule has 0 spiro atoms. The van der Waals surface area contributed by atoms with Crippen LogP contribution in [0.15, 0.2) is 35.7 Å². The Morgan fingerprint density at radius 3 is 2.71 bits per heavy atom. The fourth-order valence-corrected chi connectivity index (χ4v) is 3.69. The minimum atomic E-state index is -0.207. The summed E-state index contributed by atoms with van der Waals surface area (Å²) in [5.74, 6) is -0.383. The Bertz CT molecular complexity index is 725. The van der Waals surface area contributed by atoms with Crippen LogP contribution in [-0.2, 0) is 17.6 Å². The van der Waals surface area contributed by atoms with Crippen molar-refractivity contribution < 1.29 is 9.59 Å². The molecule has 24 heavy (non-hydrogen) atoms. The number of carbonyl (C=O) groups excluding carboxylic acids is 2. The van der Waals surface area contributed by atoms with E-state index in [1.54, 1.807) is 6.07 Å². The first-order chi connectivity index (χ1) is 11.6. The first-order valence-corrected chi connectivity index (χ1v) is 9.24. The van der Waals surface area contributed by atoms with Crippen LogP contribution in [0, 0.1) is 0 Å². The van der Waals surface area contributed by atoms with E-state index in [2.05, 4.69) is 28.8 Å². The molecule has 0 saturated carbocycles. The molecule has 1 aromatic carbocycles. The molecule has 0 saturated heterocycles. The van der Waals surface area contributed by atoms with Crippen molar-refractivity contribution in [1.82, 2.24) is 10.6 Å². The normalized spacial score (nSPS) is 14.5. The van der Waals surface area contributed by atoms with Crippen molar-refractivity contribution in [3.8, 4) is 0 Å². The maximum atomic E-state index is 12.1. The molecule has 0 bridgehead atoms. The Labute approximate surface area is 146 Å². The zero-order valence-corrected chi connectivity index (χ0v) is 14.6. The van der Waals surface area contributed by atoms with E-state index in [4.69, 9.17) is 0 Å². The average molecular weight is 342 g/mol. The quantitative estimate of drug-likeness (QED) is 0.876. The van der Waals surface area contributed by atoms with Crippen LogP contribution in [0.3, 0.4) is 0 Å². The number of hydrogen-bond acceptors (Lipinski definition) is 3. The molecule has 0 radical (unpaired) electrons. The monoisotopic (exact) mass is 342 g/mol. The number of thiophene rings is 1. The van der Waals surface area contributed by atoms with Gasteiger partial charge in [0.05, 0.1) is 17.5 Å². The summed E-state index contributed by atoms with van der Waals surface area (Å²) in [6.07, 6.45) is 4.79. The maximum absolute atomic E-state index is 12.1. The van der Waals surface area contributed by atoms with Gasteiger partial charge in [0, 0.05) is 0 Å². The van der Waals surface area contributed by atoms with Crippen molar-refractivity contribution in [2.45, 2.75) is 38.6 Å². The molecule has 0 aliphatic heterocycles. The van der Waals surface area contributed by atoms with Gasteiger partial charge in [-0.1, -0.05) is 24.3 Å². The van der Waals surface area contributed by atoms with E-state index >= 15 is 0 Å². The molecule has 3 rings (SSSR count).